The summed E-state index contributed by atoms with van der Waals surface area (Å²) < 4.78 is 5.08. The van der Waals surface area contributed by atoms with Crippen molar-refractivity contribution in [3.8, 4) is 5.75 Å². The monoisotopic (exact) mass is 319 g/mol. The lowest BCUT2D eigenvalue weighted by Gasteiger charge is -2.11. The highest BCUT2D eigenvalue weighted by Gasteiger charge is 2.11. The number of carbonyl (C=O) groups is 1. The molecule has 2 aromatic rings. The number of halogens is 1. The molecular weight excluding hydrogens is 300 g/mol. The van der Waals surface area contributed by atoms with Gasteiger partial charge >= 0.3 is 0 Å². The fourth-order valence-electron chi connectivity index (χ4n) is 2.07. The maximum Gasteiger partial charge on any atom is 0.279 e. The van der Waals surface area contributed by atoms with Gasteiger partial charge in [0.05, 0.1) is 7.11 Å². The molecule has 4 nitrogen and oxygen atoms in total. The molecule has 2 rings (SSSR count). The highest BCUT2D eigenvalue weighted by molar-refractivity contribution is 6.30. The third-order valence-corrected chi connectivity index (χ3v) is 3.68. The average molecular weight is 320 g/mol. The van der Waals surface area contributed by atoms with Crippen molar-refractivity contribution in [1.29, 1.82) is 0 Å². The minimum absolute atomic E-state index is 0.0361. The first-order valence-corrected chi connectivity index (χ1v) is 7.49. The Labute approximate surface area is 135 Å². The summed E-state index contributed by atoms with van der Waals surface area (Å²) in [5, 5.41) is 5.57. The smallest absolute Gasteiger partial charge is 0.279 e. The van der Waals surface area contributed by atoms with E-state index in [2.05, 4.69) is 12.2 Å². The first-order chi connectivity index (χ1) is 10.6. The predicted octanol–water partition coefficient (Wildman–Crippen LogP) is 2.61. The minimum atomic E-state index is -0.0361. The van der Waals surface area contributed by atoms with Gasteiger partial charge in [0.2, 0.25) is 0 Å². The minimum Gasteiger partial charge on any atom is -0.497 e. The van der Waals surface area contributed by atoms with Crippen LogP contribution in [0.2, 0.25) is 5.02 Å². The molecule has 0 aliphatic rings. The van der Waals surface area contributed by atoms with E-state index in [9.17, 15) is 4.79 Å². The molecule has 0 radical (unpaired) electrons. The molecule has 0 heterocycles. The van der Waals surface area contributed by atoms with E-state index in [1.54, 1.807) is 7.11 Å². The Hall–Kier alpha value is -2.04. The fraction of sp³-hybridized carbons (Fsp3) is 0.235. The Morgan fingerprint density at radius 1 is 1.18 bits per heavy atom. The first kappa shape index (κ1) is 16.3. The largest absolute Gasteiger partial charge is 0.497 e. The zero-order chi connectivity index (χ0) is 15.9. The van der Waals surface area contributed by atoms with Crippen LogP contribution in [-0.4, -0.2) is 19.6 Å². The van der Waals surface area contributed by atoms with Crippen molar-refractivity contribution in [2.75, 3.05) is 19.0 Å². The molecule has 1 amide bonds. The Morgan fingerprint density at radius 3 is 2.41 bits per heavy atom. The zero-order valence-electron chi connectivity index (χ0n) is 12.7. The number of hydrogen-bond donors (Lipinski definition) is 2. The number of ether oxygens (including phenoxy) is 1. The zero-order valence-corrected chi connectivity index (χ0v) is 13.4. The standard InChI is InChI=1S/C17H19ClN2O2/c1-12(13-3-5-14(18)6-4-13)19-11-17(21)20-15-7-9-16(22-2)10-8-15/h3-10,12,19H,11H2,1-2H3,(H,20,21)/p+1/t12-/m0/s1. The maximum absolute atomic E-state index is 12.0. The molecule has 0 spiro atoms. The fourth-order valence-corrected chi connectivity index (χ4v) is 2.20. The normalized spacial score (nSPS) is 11.8. The van der Waals surface area contributed by atoms with E-state index >= 15 is 0 Å². The number of quaternary nitrogens is 1. The van der Waals surface area contributed by atoms with Crippen LogP contribution < -0.4 is 15.4 Å². The van der Waals surface area contributed by atoms with E-state index in [1.807, 2.05) is 53.8 Å². The molecule has 0 bridgehead atoms. The lowest BCUT2D eigenvalue weighted by molar-refractivity contribution is -0.682. The molecule has 0 unspecified atom stereocenters. The van der Waals surface area contributed by atoms with Crippen molar-refractivity contribution in [2.45, 2.75) is 13.0 Å². The van der Waals surface area contributed by atoms with Gasteiger partial charge in [-0.2, -0.15) is 0 Å². The third kappa shape index (κ3) is 4.76. The van der Waals surface area contributed by atoms with Gasteiger partial charge in [-0.05, 0) is 43.3 Å². The van der Waals surface area contributed by atoms with Gasteiger partial charge in [0.1, 0.15) is 11.8 Å². The number of amides is 1. The SMILES string of the molecule is COc1ccc(NC(=O)C[NH2+][C@@H](C)c2ccc(Cl)cc2)cc1. The Morgan fingerprint density at radius 2 is 1.82 bits per heavy atom. The molecule has 0 aliphatic heterocycles. The molecule has 1 atom stereocenters. The molecule has 0 aliphatic carbocycles. The second kappa shape index (κ2) is 7.82. The second-order valence-corrected chi connectivity index (χ2v) is 5.49. The van der Waals surface area contributed by atoms with Gasteiger partial charge in [-0.15, -0.1) is 0 Å². The lowest BCUT2D eigenvalue weighted by atomic mass is 10.1. The predicted molar refractivity (Wildman–Crippen MR) is 88.3 cm³/mol. The van der Waals surface area contributed by atoms with Gasteiger partial charge in [-0.3, -0.25) is 4.79 Å². The highest BCUT2D eigenvalue weighted by atomic mass is 35.5. The van der Waals surface area contributed by atoms with E-state index in [0.717, 1.165) is 17.0 Å². The van der Waals surface area contributed by atoms with E-state index in [1.165, 1.54) is 0 Å². The van der Waals surface area contributed by atoms with Crippen LogP contribution in [0.3, 0.4) is 0 Å². The Kier molecular flexibility index (Phi) is 5.81. The summed E-state index contributed by atoms with van der Waals surface area (Å²) in [6, 6.07) is 15.1. The number of nitrogens with one attached hydrogen (secondary N) is 1. The van der Waals surface area contributed by atoms with Crippen molar-refractivity contribution in [3.63, 3.8) is 0 Å². The van der Waals surface area contributed by atoms with E-state index in [-0.39, 0.29) is 11.9 Å². The van der Waals surface area contributed by atoms with Crippen LogP contribution in [-0.2, 0) is 4.79 Å². The summed E-state index contributed by atoms with van der Waals surface area (Å²) in [4.78, 5) is 12.0. The van der Waals surface area contributed by atoms with Gasteiger partial charge in [-0.25, -0.2) is 0 Å². The molecule has 5 heteroatoms. The molecule has 3 N–H and O–H groups in total. The average Bonchev–Trinajstić information content (AvgIpc) is 2.54. The number of methoxy groups -OCH3 is 1. The van der Waals surface area contributed by atoms with Crippen molar-refractivity contribution in [3.05, 3.63) is 59.1 Å². The molecule has 0 fully saturated rings. The van der Waals surface area contributed by atoms with Crippen LogP contribution in [0.1, 0.15) is 18.5 Å². The van der Waals surface area contributed by atoms with Gasteiger partial charge in [0.25, 0.3) is 5.91 Å². The van der Waals surface area contributed by atoms with E-state index in [0.29, 0.717) is 11.6 Å². The lowest BCUT2D eigenvalue weighted by Crippen LogP contribution is -2.86. The van der Waals surface area contributed by atoms with Gasteiger partial charge in [0.15, 0.2) is 6.54 Å². The molecule has 2 aromatic carbocycles. The Bertz CT molecular complexity index is 612. The number of carbonyl (C=O) groups excluding carboxylic acids is 1. The van der Waals surface area contributed by atoms with Crippen LogP contribution in [0.15, 0.2) is 48.5 Å². The summed E-state index contributed by atoms with van der Waals surface area (Å²) in [6.07, 6.45) is 0. The topological polar surface area (TPSA) is 54.9 Å². The van der Waals surface area contributed by atoms with Crippen LogP contribution in [0.25, 0.3) is 0 Å². The number of nitrogens with two attached hydrogens (primary N) is 1. The van der Waals surface area contributed by atoms with Crippen LogP contribution in [0, 0.1) is 0 Å². The summed E-state index contributed by atoms with van der Waals surface area (Å²) in [5.41, 5.74) is 1.90. The van der Waals surface area contributed by atoms with Crippen molar-refractivity contribution >= 4 is 23.2 Å². The molecule has 0 saturated carbocycles. The molecule has 116 valence electrons. The molecule has 0 saturated heterocycles. The van der Waals surface area contributed by atoms with Crippen LogP contribution in [0.5, 0.6) is 5.75 Å². The number of anilines is 1. The Balaban J connectivity index is 1.82. The van der Waals surface area contributed by atoms with Gasteiger partial charge in [-0.1, -0.05) is 23.7 Å². The van der Waals surface area contributed by atoms with Crippen molar-refractivity contribution in [2.24, 2.45) is 0 Å². The molecular formula is C17H20ClN2O2+. The summed E-state index contributed by atoms with van der Waals surface area (Å²) in [7, 11) is 1.61. The first-order valence-electron chi connectivity index (χ1n) is 7.11. The summed E-state index contributed by atoms with van der Waals surface area (Å²) >= 11 is 5.87. The number of hydrogen-bond acceptors (Lipinski definition) is 2. The number of benzene rings is 2. The van der Waals surface area contributed by atoms with E-state index < -0.39 is 0 Å². The molecule has 22 heavy (non-hydrogen) atoms. The quantitative estimate of drug-likeness (QED) is 0.860. The van der Waals surface area contributed by atoms with Gasteiger partial charge < -0.3 is 15.4 Å². The van der Waals surface area contributed by atoms with E-state index in [4.69, 9.17) is 16.3 Å². The van der Waals surface area contributed by atoms with Crippen LogP contribution >= 0.6 is 11.6 Å². The summed E-state index contributed by atoms with van der Waals surface area (Å²) in [5.74, 6) is 0.729. The van der Waals surface area contributed by atoms with Gasteiger partial charge in [0, 0.05) is 16.3 Å². The molecule has 0 aromatic heterocycles. The van der Waals surface area contributed by atoms with Crippen LogP contribution in [0.4, 0.5) is 5.69 Å². The second-order valence-electron chi connectivity index (χ2n) is 5.06. The van der Waals surface area contributed by atoms with Crippen molar-refractivity contribution < 1.29 is 14.8 Å². The maximum atomic E-state index is 12.0. The summed E-state index contributed by atoms with van der Waals surface area (Å²) in [6.45, 7) is 2.42. The highest BCUT2D eigenvalue weighted by Crippen LogP contribution is 2.15. The number of rotatable bonds is 6. The third-order valence-electron chi connectivity index (χ3n) is 3.43. The van der Waals surface area contributed by atoms with Crippen molar-refractivity contribution in [1.82, 2.24) is 0 Å².